The molecule has 11 atom stereocenters. The number of fused-ring (bicyclic) bond motifs is 4. The topological polar surface area (TPSA) is 449 Å². The standard InChI is InChI=1S/C104H145N17O20S/c1-16-68(8)93(84(136-14)61-88(125)121-49-26-35-83(121)94(137-15)69(9)96(128)111-82(100-107-48-58-142-100)59-70-27-18-17-19-28-70)115(11)101(132)91(66(4)5)113-99(131)92(67(6)7)116(12)103(134)140-63-71-36-38-73(39-37-71)109-97(129)81(34-25-47-108-102(105)133)110-98(130)90(65(2)3)112-85(122)40-41-87(124)119(53-55-139-57-56-138-54-45-89(126)127)74-42-50-118(51-43-74)86(123)44-52-120-75(60-72-29-24-46-106-95(72)120)62-114(10)117(13)104(135)141-64-80-78-32-22-20-30-76(78)77-31-21-23-33-79(77)80/h17-24,27-33,36-39,46,48,58,60,65-69,74,80-84,90-94H,16,25-26,34-35,40-45,47,49-57,59,61-64H2,1-15H3,(H,109,129)(H,110,130)(H,111,128)(H,112,122)(H,113,131)(H,126,127)(H3,105,108,133)/t68-,69+,81-,82-,83-,84+,90-,91-,92-,93-,94+/m0/s1. The molecule has 2 fully saturated rings. The molecule has 37 nitrogen and oxygen atoms in total. The fourth-order valence-electron chi connectivity index (χ4n) is 19.1. The van der Waals surface area contributed by atoms with Crippen LogP contribution in [0.25, 0.3) is 22.2 Å². The van der Waals surface area contributed by atoms with Crippen LogP contribution in [0.5, 0.6) is 0 Å². The number of pyridine rings is 1. The van der Waals surface area contributed by atoms with Gasteiger partial charge in [0.15, 0.2) is 0 Å². The number of carbonyl (C=O) groups excluding carboxylic acids is 12. The van der Waals surface area contributed by atoms with Gasteiger partial charge in [0, 0.05) is 147 Å². The van der Waals surface area contributed by atoms with Gasteiger partial charge in [0.2, 0.25) is 53.2 Å². The van der Waals surface area contributed by atoms with E-state index < -0.39 is 126 Å². The van der Waals surface area contributed by atoms with Crippen LogP contribution < -0.4 is 37.6 Å². The Labute approximate surface area is 836 Å². The zero-order chi connectivity index (χ0) is 103. The number of aryl methyl sites for hydroxylation is 1. The Morgan fingerprint density at radius 2 is 1.30 bits per heavy atom. The number of benzene rings is 4. The zero-order valence-electron chi connectivity index (χ0n) is 84.6. The van der Waals surface area contributed by atoms with E-state index in [0.717, 1.165) is 43.9 Å². The minimum atomic E-state index is -1.23. The van der Waals surface area contributed by atoms with E-state index in [2.05, 4.69) is 66.1 Å². The van der Waals surface area contributed by atoms with Crippen molar-refractivity contribution in [1.82, 2.24) is 75.6 Å². The van der Waals surface area contributed by atoms with Crippen LogP contribution in [0.3, 0.4) is 0 Å². The number of hydrogen-bond acceptors (Lipinski definition) is 23. The number of hydrogen-bond donors (Lipinski definition) is 8. The number of nitrogens with zero attached hydrogens (tertiary/aromatic N) is 10. The third kappa shape index (κ3) is 30.8. The molecule has 38 heteroatoms. The summed E-state index contributed by atoms with van der Waals surface area (Å²) in [6.45, 7) is 18.3. The fraction of sp³-hybridized carbons (Fsp3) is 0.548. The lowest BCUT2D eigenvalue weighted by Gasteiger charge is -2.41. The van der Waals surface area contributed by atoms with Gasteiger partial charge >= 0.3 is 24.2 Å². The molecular weight excluding hydrogens is 1840 g/mol. The van der Waals surface area contributed by atoms with Gasteiger partial charge in [0.25, 0.3) is 0 Å². The fourth-order valence-corrected chi connectivity index (χ4v) is 19.8. The van der Waals surface area contributed by atoms with Crippen LogP contribution in [0.15, 0.2) is 139 Å². The predicted octanol–water partition coefficient (Wildman–Crippen LogP) is 10.7. The summed E-state index contributed by atoms with van der Waals surface area (Å²) in [6, 6.07) is 31.0. The Kier molecular flexibility index (Phi) is 42.9. The van der Waals surface area contributed by atoms with Crippen molar-refractivity contribution in [2.45, 2.75) is 232 Å². The molecule has 3 aromatic heterocycles. The van der Waals surface area contributed by atoms with E-state index in [9.17, 15) is 57.5 Å². The Balaban J connectivity index is 0.703. The number of carbonyl (C=O) groups is 13. The second-order valence-corrected chi connectivity index (χ2v) is 38.9. The maximum Gasteiger partial charge on any atom is 0.424 e. The number of aliphatic carboxylic acids is 1. The molecule has 0 spiro atoms. The van der Waals surface area contributed by atoms with E-state index in [1.54, 1.807) is 131 Å². The number of likely N-dealkylation sites (tertiary alicyclic amines) is 2. The number of thiazole rings is 1. The van der Waals surface area contributed by atoms with Gasteiger partial charge in [-0.1, -0.05) is 160 Å². The van der Waals surface area contributed by atoms with Crippen LogP contribution in [0.1, 0.15) is 184 Å². The molecule has 10 rings (SSSR count). The van der Waals surface area contributed by atoms with Crippen molar-refractivity contribution < 1.29 is 95.9 Å². The third-order valence-electron chi connectivity index (χ3n) is 27.1. The van der Waals surface area contributed by atoms with Gasteiger partial charge in [-0.3, -0.25) is 52.8 Å². The van der Waals surface area contributed by atoms with Crippen molar-refractivity contribution in [3.8, 4) is 11.1 Å². The molecule has 3 aliphatic rings. The zero-order valence-corrected chi connectivity index (χ0v) is 85.4. The summed E-state index contributed by atoms with van der Waals surface area (Å²) in [5, 5.41) is 32.8. The van der Waals surface area contributed by atoms with Crippen molar-refractivity contribution in [2.24, 2.45) is 35.3 Å². The van der Waals surface area contributed by atoms with Crippen LogP contribution in [-0.4, -0.2) is 294 Å². The molecule has 0 radical (unpaired) electrons. The minimum absolute atomic E-state index is 0.000576. The molecule has 772 valence electrons. The van der Waals surface area contributed by atoms with Crippen LogP contribution in [0, 0.1) is 29.6 Å². The summed E-state index contributed by atoms with van der Waals surface area (Å²) in [5.41, 5.74) is 13.1. The van der Waals surface area contributed by atoms with Crippen molar-refractivity contribution in [3.63, 3.8) is 0 Å². The van der Waals surface area contributed by atoms with E-state index in [1.165, 1.54) is 35.4 Å². The number of carboxylic acids is 1. The summed E-state index contributed by atoms with van der Waals surface area (Å²) in [4.78, 5) is 198. The highest BCUT2D eigenvalue weighted by molar-refractivity contribution is 7.09. The summed E-state index contributed by atoms with van der Waals surface area (Å²) < 4.78 is 37.3. The first-order valence-electron chi connectivity index (χ1n) is 49.3. The molecule has 0 saturated carbocycles. The first-order valence-corrected chi connectivity index (χ1v) is 50.2. The number of anilines is 1. The SMILES string of the molecule is CC[C@H](C)[C@@H]([C@@H](CC(=O)N1CCC[C@H]1[C@H](OC)[C@@H](C)C(=O)N[C@@H](Cc1ccccc1)c1nccs1)OC)N(C)C(=O)[C@@H](NC(=O)[C@H](C(C)C)N(C)C(=O)OCc1ccc(NC(=O)[C@H](CCCNC(N)=O)NC(=O)[C@@H](NC(=O)CCC(=O)N(CCOCCOCCC(=O)O)C2CCN(C(=O)CCn3c(CN(C)N(C)C(=O)OCC4c5ccccc5-c5ccccc54)cc4cccnc43)CC2)C(C)C)cc1)C(C)C. The smallest absolute Gasteiger partial charge is 0.424 e. The molecule has 5 heterocycles. The van der Waals surface area contributed by atoms with E-state index in [0.29, 0.717) is 69.4 Å². The summed E-state index contributed by atoms with van der Waals surface area (Å²) in [6.07, 6.45) is 3.22. The number of rotatable bonds is 54. The molecule has 4 aromatic carbocycles. The van der Waals surface area contributed by atoms with Gasteiger partial charge in [0.1, 0.15) is 48.0 Å². The number of hydrazine groups is 1. The van der Waals surface area contributed by atoms with Crippen molar-refractivity contribution in [3.05, 3.63) is 172 Å². The van der Waals surface area contributed by atoms with Crippen molar-refractivity contribution >= 4 is 105 Å². The normalized spacial score (nSPS) is 15.8. The second-order valence-electron chi connectivity index (χ2n) is 37.9. The van der Waals surface area contributed by atoms with Gasteiger partial charge in [-0.25, -0.2) is 34.4 Å². The first kappa shape index (κ1) is 111. The number of primary amides is 1. The number of urea groups is 1. The van der Waals surface area contributed by atoms with E-state index >= 15 is 4.79 Å². The van der Waals surface area contributed by atoms with Gasteiger partial charge < -0.3 is 95.3 Å². The number of ether oxygens (including phenoxy) is 6. The van der Waals surface area contributed by atoms with Crippen LogP contribution in [0.4, 0.5) is 20.1 Å². The number of likely N-dealkylation sites (N-methyl/N-ethyl adjacent to an activating group) is 2. The lowest BCUT2D eigenvalue weighted by Crippen LogP contribution is -2.60. The maximum absolute atomic E-state index is 15.0. The summed E-state index contributed by atoms with van der Waals surface area (Å²) >= 11 is 1.46. The Hall–Kier alpha value is -12.5. The molecule has 0 bridgehead atoms. The van der Waals surface area contributed by atoms with Gasteiger partial charge in [0.05, 0.1) is 82.1 Å². The number of methoxy groups -OCH3 is 2. The molecule has 7 aromatic rings. The maximum atomic E-state index is 15.0. The Bertz CT molecular complexity index is 5310. The molecule has 2 saturated heterocycles. The highest BCUT2D eigenvalue weighted by Crippen LogP contribution is 2.45. The number of piperidine rings is 1. The molecule has 13 amide bonds. The molecule has 2 aliphatic heterocycles. The number of nitrogens with two attached hydrogens (primary N) is 1. The largest absolute Gasteiger partial charge is 0.481 e. The van der Waals surface area contributed by atoms with Gasteiger partial charge in [-0.15, -0.1) is 11.3 Å². The van der Waals surface area contributed by atoms with E-state index in [4.69, 9.17) is 39.3 Å². The van der Waals surface area contributed by atoms with Gasteiger partial charge in [-0.2, -0.15) is 0 Å². The molecular formula is C104H145N17O20S. The number of amides is 13. The summed E-state index contributed by atoms with van der Waals surface area (Å²) in [7, 11) is 9.57. The quantitative estimate of drug-likeness (QED) is 0.0130. The number of carboxylic acid groups (broad SMARTS) is 1. The average molecular weight is 1990 g/mol. The third-order valence-corrected chi connectivity index (χ3v) is 28.0. The van der Waals surface area contributed by atoms with Crippen LogP contribution >= 0.6 is 11.3 Å². The monoisotopic (exact) mass is 1980 g/mol. The minimum Gasteiger partial charge on any atom is -0.481 e. The van der Waals surface area contributed by atoms with E-state index in [1.807, 2.05) is 104 Å². The number of aromatic nitrogens is 3. The van der Waals surface area contributed by atoms with Crippen LogP contribution in [-0.2, 0) is 102 Å². The highest BCUT2D eigenvalue weighted by atomic mass is 32.1. The van der Waals surface area contributed by atoms with Crippen molar-refractivity contribution in [2.75, 3.05) is 113 Å². The lowest BCUT2D eigenvalue weighted by atomic mass is 9.89. The Morgan fingerprint density at radius 3 is 1.92 bits per heavy atom. The lowest BCUT2D eigenvalue weighted by molar-refractivity contribution is -0.148. The highest BCUT2D eigenvalue weighted by Gasteiger charge is 2.45. The second kappa shape index (κ2) is 54.7. The molecule has 0 unspecified atom stereocenters. The molecule has 1 aliphatic carbocycles. The van der Waals surface area contributed by atoms with Crippen molar-refractivity contribution in [1.29, 1.82) is 0 Å². The van der Waals surface area contributed by atoms with Crippen LogP contribution in [0.2, 0.25) is 0 Å². The number of nitrogens with one attached hydrogen (secondary N) is 6. The molecule has 142 heavy (non-hydrogen) atoms. The van der Waals surface area contributed by atoms with Gasteiger partial charge in [-0.05, 0) is 132 Å². The van der Waals surface area contributed by atoms with E-state index in [-0.39, 0.29) is 164 Å². The predicted molar refractivity (Wildman–Crippen MR) is 536 cm³/mol. The molecule has 9 N–H and O–H groups in total. The average Bonchev–Trinajstić information content (AvgIpc) is 1.61. The summed E-state index contributed by atoms with van der Waals surface area (Å²) in [5.74, 6) is -7.43. The first-order chi connectivity index (χ1) is 68.0. The Morgan fingerprint density at radius 1 is 0.627 bits per heavy atom.